The van der Waals surface area contributed by atoms with E-state index in [1.807, 2.05) is 25.1 Å². The highest BCUT2D eigenvalue weighted by atomic mass is 32.1. The SMILES string of the molecule is CCc1cc(-c2sc(NCCCc3ccc(C(F)(F)F)cc3)nc2C#CCO)ccc1NC=O. The largest absolute Gasteiger partial charge is 0.416 e. The first-order valence-corrected chi connectivity index (χ1v) is 11.5. The number of alkyl halides is 3. The molecule has 0 aliphatic heterocycles. The van der Waals surface area contributed by atoms with Gasteiger partial charge in [-0.25, -0.2) is 4.98 Å². The number of anilines is 2. The third-order valence-corrected chi connectivity index (χ3v) is 6.14. The molecule has 178 valence electrons. The highest BCUT2D eigenvalue weighted by Gasteiger charge is 2.29. The van der Waals surface area contributed by atoms with Gasteiger partial charge in [0.25, 0.3) is 0 Å². The highest BCUT2D eigenvalue weighted by Crippen LogP contribution is 2.35. The summed E-state index contributed by atoms with van der Waals surface area (Å²) in [7, 11) is 0. The van der Waals surface area contributed by atoms with Gasteiger partial charge in [-0.2, -0.15) is 13.2 Å². The topological polar surface area (TPSA) is 74.2 Å². The highest BCUT2D eigenvalue weighted by molar-refractivity contribution is 7.19. The molecule has 0 saturated heterocycles. The number of rotatable bonds is 9. The Labute approximate surface area is 200 Å². The Kier molecular flexibility index (Phi) is 8.68. The summed E-state index contributed by atoms with van der Waals surface area (Å²) in [5, 5.41) is 15.7. The molecule has 0 aliphatic rings. The molecule has 0 saturated carbocycles. The Hall–Kier alpha value is -3.35. The molecule has 0 fully saturated rings. The number of carbonyl (C=O) groups excluding carboxylic acids is 1. The molecule has 0 radical (unpaired) electrons. The number of nitrogens with zero attached hydrogens (tertiary/aromatic N) is 1. The Balaban J connectivity index is 1.70. The van der Waals surface area contributed by atoms with Gasteiger partial charge in [-0.05, 0) is 66.1 Å². The van der Waals surface area contributed by atoms with E-state index in [0.717, 1.165) is 45.8 Å². The van der Waals surface area contributed by atoms with Crippen LogP contribution in [0.4, 0.5) is 24.0 Å². The van der Waals surface area contributed by atoms with Gasteiger partial charge in [0.1, 0.15) is 12.3 Å². The van der Waals surface area contributed by atoms with Crippen LogP contribution in [0.3, 0.4) is 0 Å². The maximum Gasteiger partial charge on any atom is 0.416 e. The van der Waals surface area contributed by atoms with E-state index in [9.17, 15) is 18.0 Å². The summed E-state index contributed by atoms with van der Waals surface area (Å²) < 4.78 is 38.1. The number of nitrogens with one attached hydrogen (secondary N) is 2. The van der Waals surface area contributed by atoms with Crippen molar-refractivity contribution in [1.29, 1.82) is 0 Å². The quantitative estimate of drug-likeness (QED) is 0.216. The predicted octanol–water partition coefficient (Wildman–Crippen LogP) is 5.35. The van der Waals surface area contributed by atoms with Gasteiger partial charge in [-0.3, -0.25) is 4.79 Å². The molecule has 0 bridgehead atoms. The third kappa shape index (κ3) is 6.59. The van der Waals surface area contributed by atoms with Gasteiger partial charge < -0.3 is 15.7 Å². The number of hydrogen-bond acceptors (Lipinski definition) is 5. The number of amides is 1. The van der Waals surface area contributed by atoms with Crippen LogP contribution in [0.1, 0.15) is 35.7 Å². The van der Waals surface area contributed by atoms with E-state index in [2.05, 4.69) is 27.5 Å². The minimum absolute atomic E-state index is 0.282. The lowest BCUT2D eigenvalue weighted by Gasteiger charge is -2.08. The number of aliphatic hydroxyl groups excluding tert-OH is 1. The first-order chi connectivity index (χ1) is 16.4. The van der Waals surface area contributed by atoms with Crippen LogP contribution in [-0.4, -0.2) is 29.7 Å². The minimum atomic E-state index is -4.33. The number of carbonyl (C=O) groups is 1. The van der Waals surface area contributed by atoms with Gasteiger partial charge in [-0.15, -0.1) is 0 Å². The van der Waals surface area contributed by atoms with E-state index in [0.29, 0.717) is 36.6 Å². The zero-order valence-corrected chi connectivity index (χ0v) is 19.3. The molecule has 0 aliphatic carbocycles. The number of benzene rings is 2. The van der Waals surface area contributed by atoms with Crippen molar-refractivity contribution in [3.63, 3.8) is 0 Å². The van der Waals surface area contributed by atoms with Crippen LogP contribution in [-0.2, 0) is 23.8 Å². The number of aromatic nitrogens is 1. The van der Waals surface area contributed by atoms with E-state index in [4.69, 9.17) is 5.11 Å². The zero-order valence-electron chi connectivity index (χ0n) is 18.5. The average Bonchev–Trinajstić information content (AvgIpc) is 3.23. The smallest absolute Gasteiger partial charge is 0.384 e. The van der Waals surface area contributed by atoms with Gasteiger partial charge in [-0.1, -0.05) is 42.4 Å². The summed E-state index contributed by atoms with van der Waals surface area (Å²) in [5.74, 6) is 5.52. The lowest BCUT2D eigenvalue weighted by atomic mass is 10.0. The van der Waals surface area contributed by atoms with E-state index in [-0.39, 0.29) is 6.61 Å². The third-order valence-electron chi connectivity index (χ3n) is 5.08. The van der Waals surface area contributed by atoms with Crippen molar-refractivity contribution in [1.82, 2.24) is 4.98 Å². The summed E-state index contributed by atoms with van der Waals surface area (Å²) in [5.41, 5.74) is 3.36. The minimum Gasteiger partial charge on any atom is -0.384 e. The van der Waals surface area contributed by atoms with E-state index in [1.165, 1.54) is 23.5 Å². The van der Waals surface area contributed by atoms with Crippen molar-refractivity contribution in [2.24, 2.45) is 0 Å². The normalized spacial score (nSPS) is 11.0. The second-order valence-corrected chi connectivity index (χ2v) is 8.37. The van der Waals surface area contributed by atoms with Crippen molar-refractivity contribution in [3.05, 3.63) is 64.8 Å². The Morgan fingerprint density at radius 2 is 1.94 bits per heavy atom. The van der Waals surface area contributed by atoms with Crippen LogP contribution in [0.2, 0.25) is 0 Å². The van der Waals surface area contributed by atoms with Crippen molar-refractivity contribution in [2.45, 2.75) is 32.4 Å². The van der Waals surface area contributed by atoms with E-state index >= 15 is 0 Å². The molecule has 1 heterocycles. The van der Waals surface area contributed by atoms with Crippen LogP contribution >= 0.6 is 11.3 Å². The lowest BCUT2D eigenvalue weighted by Crippen LogP contribution is -2.05. The zero-order chi connectivity index (χ0) is 24.6. The Morgan fingerprint density at radius 3 is 2.59 bits per heavy atom. The molecule has 34 heavy (non-hydrogen) atoms. The Morgan fingerprint density at radius 1 is 1.18 bits per heavy atom. The summed E-state index contributed by atoms with van der Waals surface area (Å²) in [6, 6.07) is 10.9. The number of hydrogen-bond donors (Lipinski definition) is 3. The number of thiazole rings is 1. The van der Waals surface area contributed by atoms with Gasteiger partial charge in [0.2, 0.25) is 6.41 Å². The fraction of sp³-hybridized carbons (Fsp3) is 0.280. The maximum absolute atomic E-state index is 12.7. The van der Waals surface area contributed by atoms with Crippen molar-refractivity contribution in [2.75, 3.05) is 23.8 Å². The second kappa shape index (κ2) is 11.7. The summed E-state index contributed by atoms with van der Waals surface area (Å²) in [6.07, 6.45) is -1.61. The second-order valence-electron chi connectivity index (χ2n) is 7.37. The van der Waals surface area contributed by atoms with Gasteiger partial charge in [0, 0.05) is 12.2 Å². The number of halogens is 3. The number of aliphatic hydroxyl groups is 1. The molecular formula is C25H24F3N3O2S. The van der Waals surface area contributed by atoms with Crippen molar-refractivity contribution < 1.29 is 23.1 Å². The molecule has 5 nitrogen and oxygen atoms in total. The predicted molar refractivity (Wildman–Crippen MR) is 129 cm³/mol. The molecule has 2 aromatic carbocycles. The van der Waals surface area contributed by atoms with E-state index < -0.39 is 11.7 Å². The van der Waals surface area contributed by atoms with Crippen LogP contribution in [0.15, 0.2) is 42.5 Å². The molecule has 1 amide bonds. The summed E-state index contributed by atoms with van der Waals surface area (Å²) in [6.45, 7) is 2.30. The summed E-state index contributed by atoms with van der Waals surface area (Å²) >= 11 is 1.43. The van der Waals surface area contributed by atoms with Gasteiger partial charge in [0.05, 0.1) is 10.4 Å². The average molecular weight is 488 g/mol. The molecular weight excluding hydrogens is 463 g/mol. The molecule has 3 aromatic rings. The van der Waals surface area contributed by atoms with Gasteiger partial charge in [0.15, 0.2) is 5.13 Å². The first kappa shape index (κ1) is 25.3. The molecule has 0 atom stereocenters. The van der Waals surface area contributed by atoms with Crippen molar-refractivity contribution >= 4 is 28.6 Å². The molecule has 0 unspecified atom stereocenters. The van der Waals surface area contributed by atoms with Gasteiger partial charge >= 0.3 is 6.18 Å². The van der Waals surface area contributed by atoms with Crippen LogP contribution < -0.4 is 10.6 Å². The molecule has 9 heteroatoms. The standard InChI is InChI=1S/C25H24F3N3O2S/c1-2-18-15-19(9-12-21(18)30-16-33)23-22(6-4-14-32)31-24(34-23)29-13-3-5-17-7-10-20(11-8-17)25(26,27)28/h7-12,15-16,32H,2-3,5,13-14H2,1H3,(H,29,31)(H,30,33). The first-order valence-electron chi connectivity index (χ1n) is 10.7. The molecule has 0 spiro atoms. The van der Waals surface area contributed by atoms with E-state index in [1.54, 1.807) is 0 Å². The van der Waals surface area contributed by atoms with Crippen molar-refractivity contribution in [3.8, 4) is 22.3 Å². The van der Waals surface area contributed by atoms with Crippen LogP contribution in [0.25, 0.3) is 10.4 Å². The summed E-state index contributed by atoms with van der Waals surface area (Å²) in [4.78, 5) is 16.2. The Bertz CT molecular complexity index is 1180. The molecule has 1 aromatic heterocycles. The maximum atomic E-state index is 12.7. The monoisotopic (exact) mass is 487 g/mol. The fourth-order valence-corrected chi connectivity index (χ4v) is 4.32. The van der Waals surface area contributed by atoms with Crippen LogP contribution in [0, 0.1) is 11.8 Å². The fourth-order valence-electron chi connectivity index (χ4n) is 3.38. The molecule has 3 N–H and O–H groups in total. The number of aryl methyl sites for hydroxylation is 2. The van der Waals surface area contributed by atoms with Crippen LogP contribution in [0.5, 0.6) is 0 Å². The molecule has 3 rings (SSSR count). The lowest BCUT2D eigenvalue weighted by molar-refractivity contribution is -0.137.